The van der Waals surface area contributed by atoms with Gasteiger partial charge in [0.2, 0.25) is 0 Å². The van der Waals surface area contributed by atoms with E-state index in [9.17, 15) is 4.39 Å². The molecule has 5 heteroatoms. The third-order valence-corrected chi connectivity index (χ3v) is 3.53. The Morgan fingerprint density at radius 2 is 2.11 bits per heavy atom. The second kappa shape index (κ2) is 4.66. The molecular weight excluding hydrogens is 231 g/mol. The van der Waals surface area contributed by atoms with E-state index in [2.05, 4.69) is 15.2 Å². The summed E-state index contributed by atoms with van der Waals surface area (Å²) in [6.45, 7) is 4.85. The Hall–Kier alpha value is -1.46. The molecule has 1 saturated heterocycles. The van der Waals surface area contributed by atoms with E-state index in [4.69, 9.17) is 0 Å². The van der Waals surface area contributed by atoms with Crippen LogP contribution in [0.1, 0.15) is 5.82 Å². The van der Waals surface area contributed by atoms with Crippen molar-refractivity contribution in [1.29, 1.82) is 0 Å². The predicted octanol–water partition coefficient (Wildman–Crippen LogP) is 1.12. The Labute approximate surface area is 105 Å². The van der Waals surface area contributed by atoms with Gasteiger partial charge in [-0.3, -0.25) is 4.90 Å². The predicted molar refractivity (Wildman–Crippen MR) is 68.8 cm³/mol. The number of nitrogens with zero attached hydrogens (tertiary/aromatic N) is 3. The topological polar surface area (TPSA) is 33.1 Å². The largest absolute Gasteiger partial charge is 0.330 e. The van der Waals surface area contributed by atoms with Crippen molar-refractivity contribution in [2.24, 2.45) is 7.05 Å². The second-order valence-corrected chi connectivity index (χ2v) is 4.72. The Kier molecular flexibility index (Phi) is 3.01. The molecule has 0 radical (unpaired) electrons. The van der Waals surface area contributed by atoms with Crippen molar-refractivity contribution < 1.29 is 4.39 Å². The summed E-state index contributed by atoms with van der Waals surface area (Å²) in [6, 6.07) is 5.10. The quantitative estimate of drug-likeness (QED) is 0.864. The summed E-state index contributed by atoms with van der Waals surface area (Å²) in [7, 11) is 1.95. The number of hydrogen-bond acceptors (Lipinski definition) is 3. The molecular formula is C13H17FN4. The number of fused-ring (bicyclic) bond motifs is 1. The van der Waals surface area contributed by atoms with Gasteiger partial charge in [0.1, 0.15) is 11.3 Å². The minimum atomic E-state index is -0.241. The third-order valence-electron chi connectivity index (χ3n) is 3.53. The van der Waals surface area contributed by atoms with Crippen LogP contribution in [-0.4, -0.2) is 40.6 Å². The van der Waals surface area contributed by atoms with Gasteiger partial charge in [-0.1, -0.05) is 6.07 Å². The van der Waals surface area contributed by atoms with Crippen molar-refractivity contribution in [2.45, 2.75) is 6.54 Å². The summed E-state index contributed by atoms with van der Waals surface area (Å²) in [5.41, 5.74) is 1.34. The van der Waals surface area contributed by atoms with E-state index < -0.39 is 0 Å². The van der Waals surface area contributed by atoms with Crippen molar-refractivity contribution in [2.75, 3.05) is 26.2 Å². The van der Waals surface area contributed by atoms with Crippen LogP contribution >= 0.6 is 0 Å². The highest BCUT2D eigenvalue weighted by Crippen LogP contribution is 2.18. The molecule has 0 aliphatic carbocycles. The lowest BCUT2D eigenvalue weighted by Crippen LogP contribution is -2.43. The van der Waals surface area contributed by atoms with E-state index in [0.717, 1.165) is 44.1 Å². The van der Waals surface area contributed by atoms with Gasteiger partial charge >= 0.3 is 0 Å². The van der Waals surface area contributed by atoms with Crippen LogP contribution in [0.3, 0.4) is 0 Å². The van der Waals surface area contributed by atoms with E-state index in [0.29, 0.717) is 5.52 Å². The zero-order chi connectivity index (χ0) is 12.5. The molecule has 0 unspecified atom stereocenters. The van der Waals surface area contributed by atoms with Crippen LogP contribution in [0.4, 0.5) is 4.39 Å². The average molecular weight is 248 g/mol. The number of aromatic nitrogens is 2. The number of imidazole rings is 1. The lowest BCUT2D eigenvalue weighted by Gasteiger charge is -2.26. The molecule has 2 aromatic rings. The van der Waals surface area contributed by atoms with Gasteiger partial charge in [-0.25, -0.2) is 9.37 Å². The smallest absolute Gasteiger partial charge is 0.151 e. The van der Waals surface area contributed by atoms with E-state index in [1.165, 1.54) is 6.07 Å². The number of piperazine rings is 1. The number of benzene rings is 1. The molecule has 1 N–H and O–H groups in total. The van der Waals surface area contributed by atoms with E-state index in [1.807, 2.05) is 17.7 Å². The molecule has 1 aliphatic rings. The molecule has 1 aromatic carbocycles. The molecule has 0 bridgehead atoms. The Morgan fingerprint density at radius 3 is 2.83 bits per heavy atom. The van der Waals surface area contributed by atoms with Gasteiger partial charge in [-0.05, 0) is 12.1 Å². The zero-order valence-electron chi connectivity index (χ0n) is 10.5. The van der Waals surface area contributed by atoms with E-state index >= 15 is 0 Å². The van der Waals surface area contributed by atoms with Gasteiger partial charge in [0.05, 0.1) is 12.1 Å². The maximum Gasteiger partial charge on any atom is 0.151 e. The van der Waals surface area contributed by atoms with Gasteiger partial charge in [0.15, 0.2) is 5.82 Å². The standard InChI is InChI=1S/C13H17FN4/c1-17-11-4-2-3-10(14)13(11)16-12(17)9-18-7-5-15-6-8-18/h2-4,15H,5-9H2,1H3. The minimum absolute atomic E-state index is 0.241. The maximum absolute atomic E-state index is 13.7. The van der Waals surface area contributed by atoms with Crippen LogP contribution in [0.5, 0.6) is 0 Å². The number of halogens is 1. The first-order chi connectivity index (χ1) is 8.75. The number of nitrogens with one attached hydrogen (secondary N) is 1. The van der Waals surface area contributed by atoms with Gasteiger partial charge in [-0.2, -0.15) is 0 Å². The van der Waals surface area contributed by atoms with Crippen LogP contribution in [0.2, 0.25) is 0 Å². The molecule has 18 heavy (non-hydrogen) atoms. The summed E-state index contributed by atoms with van der Waals surface area (Å²) in [5.74, 6) is 0.687. The molecule has 0 spiro atoms. The van der Waals surface area contributed by atoms with Crippen LogP contribution in [0.25, 0.3) is 11.0 Å². The van der Waals surface area contributed by atoms with Crippen molar-refractivity contribution in [1.82, 2.24) is 19.8 Å². The summed E-state index contributed by atoms with van der Waals surface area (Å²) >= 11 is 0. The Morgan fingerprint density at radius 1 is 1.33 bits per heavy atom. The summed E-state index contributed by atoms with van der Waals surface area (Å²) in [6.07, 6.45) is 0. The lowest BCUT2D eigenvalue weighted by molar-refractivity contribution is 0.226. The fraction of sp³-hybridized carbons (Fsp3) is 0.462. The lowest BCUT2D eigenvalue weighted by atomic mass is 10.3. The molecule has 1 fully saturated rings. The monoisotopic (exact) mass is 248 g/mol. The molecule has 2 heterocycles. The van der Waals surface area contributed by atoms with Gasteiger partial charge in [0.25, 0.3) is 0 Å². The highest BCUT2D eigenvalue weighted by Gasteiger charge is 2.15. The summed E-state index contributed by atoms with van der Waals surface area (Å²) < 4.78 is 15.6. The van der Waals surface area contributed by atoms with Crippen molar-refractivity contribution in [3.05, 3.63) is 29.8 Å². The first-order valence-corrected chi connectivity index (χ1v) is 6.28. The van der Waals surface area contributed by atoms with Crippen LogP contribution < -0.4 is 5.32 Å². The highest BCUT2D eigenvalue weighted by atomic mass is 19.1. The average Bonchev–Trinajstić information content (AvgIpc) is 2.70. The van der Waals surface area contributed by atoms with Crippen molar-refractivity contribution >= 4 is 11.0 Å². The zero-order valence-corrected chi connectivity index (χ0v) is 10.5. The number of aryl methyl sites for hydroxylation is 1. The summed E-state index contributed by atoms with van der Waals surface area (Å²) in [4.78, 5) is 6.77. The fourth-order valence-corrected chi connectivity index (χ4v) is 2.44. The molecule has 0 atom stereocenters. The van der Waals surface area contributed by atoms with Crippen molar-refractivity contribution in [3.8, 4) is 0 Å². The van der Waals surface area contributed by atoms with E-state index in [-0.39, 0.29) is 5.82 Å². The normalized spacial score (nSPS) is 17.4. The van der Waals surface area contributed by atoms with Gasteiger partial charge in [-0.15, -0.1) is 0 Å². The van der Waals surface area contributed by atoms with Gasteiger partial charge < -0.3 is 9.88 Å². The molecule has 1 aromatic heterocycles. The van der Waals surface area contributed by atoms with Crippen LogP contribution in [0, 0.1) is 5.82 Å². The summed E-state index contributed by atoms with van der Waals surface area (Å²) in [5, 5.41) is 3.32. The molecule has 4 nitrogen and oxygen atoms in total. The van der Waals surface area contributed by atoms with E-state index in [1.54, 1.807) is 6.07 Å². The van der Waals surface area contributed by atoms with Crippen LogP contribution in [-0.2, 0) is 13.6 Å². The number of rotatable bonds is 2. The van der Waals surface area contributed by atoms with Crippen molar-refractivity contribution in [3.63, 3.8) is 0 Å². The van der Waals surface area contributed by atoms with Crippen LogP contribution in [0.15, 0.2) is 18.2 Å². The first-order valence-electron chi connectivity index (χ1n) is 6.28. The molecule has 1 aliphatic heterocycles. The number of hydrogen-bond donors (Lipinski definition) is 1. The molecule has 3 rings (SSSR count). The Bertz CT molecular complexity index is 557. The fourth-order valence-electron chi connectivity index (χ4n) is 2.44. The molecule has 96 valence electrons. The second-order valence-electron chi connectivity index (χ2n) is 4.72. The molecule has 0 saturated carbocycles. The highest BCUT2D eigenvalue weighted by molar-refractivity contribution is 5.76. The SMILES string of the molecule is Cn1c(CN2CCNCC2)nc2c(F)cccc21. The Balaban J connectivity index is 1.92. The number of para-hydroxylation sites is 1. The third kappa shape index (κ3) is 2.00. The minimum Gasteiger partial charge on any atom is -0.330 e. The first kappa shape index (κ1) is 11.6. The molecule has 0 amide bonds. The van der Waals surface area contributed by atoms with Gasteiger partial charge in [0, 0.05) is 33.2 Å². The maximum atomic E-state index is 13.7.